The highest BCUT2D eigenvalue weighted by Gasteiger charge is 2.30. The summed E-state index contributed by atoms with van der Waals surface area (Å²) in [6.45, 7) is 4.48. The molecule has 1 saturated carbocycles. The Morgan fingerprint density at radius 3 is 2.29 bits per heavy atom. The standard InChI is InChI=1S/C15H19ClO/c1-10-7-11(2)9-12(8-10)15(17)13-5-3-4-6-14(13)16/h3-6,10-12H,7-9H2,1-2H3. The molecule has 1 nitrogen and oxygen atoms in total. The summed E-state index contributed by atoms with van der Waals surface area (Å²) in [6.07, 6.45) is 3.26. The minimum absolute atomic E-state index is 0.161. The van der Waals surface area contributed by atoms with Crippen LogP contribution in [0.25, 0.3) is 0 Å². The fourth-order valence-electron chi connectivity index (χ4n) is 3.04. The van der Waals surface area contributed by atoms with Gasteiger partial charge in [-0.3, -0.25) is 4.79 Å². The van der Waals surface area contributed by atoms with Crippen LogP contribution in [0.3, 0.4) is 0 Å². The molecule has 0 N–H and O–H groups in total. The first-order valence-electron chi connectivity index (χ1n) is 6.36. The molecule has 0 bridgehead atoms. The minimum Gasteiger partial charge on any atom is -0.294 e. The van der Waals surface area contributed by atoms with Gasteiger partial charge >= 0.3 is 0 Å². The van der Waals surface area contributed by atoms with E-state index in [0.717, 1.165) is 12.8 Å². The Bertz CT molecular complexity index is 403. The topological polar surface area (TPSA) is 17.1 Å². The number of hydrogen-bond donors (Lipinski definition) is 0. The third kappa shape index (κ3) is 2.90. The van der Waals surface area contributed by atoms with Crippen molar-refractivity contribution in [3.8, 4) is 0 Å². The Kier molecular flexibility index (Phi) is 3.88. The molecule has 92 valence electrons. The Hall–Kier alpha value is -0.820. The fourth-order valence-corrected chi connectivity index (χ4v) is 3.27. The van der Waals surface area contributed by atoms with Crippen molar-refractivity contribution in [2.75, 3.05) is 0 Å². The van der Waals surface area contributed by atoms with Crippen molar-refractivity contribution in [2.24, 2.45) is 17.8 Å². The van der Waals surface area contributed by atoms with Gasteiger partial charge in [0, 0.05) is 11.5 Å². The summed E-state index contributed by atoms with van der Waals surface area (Å²) in [4.78, 5) is 12.4. The van der Waals surface area contributed by atoms with E-state index in [0.29, 0.717) is 22.4 Å². The zero-order chi connectivity index (χ0) is 12.4. The molecule has 1 aromatic rings. The van der Waals surface area contributed by atoms with Crippen LogP contribution in [0.2, 0.25) is 5.02 Å². The van der Waals surface area contributed by atoms with Crippen LogP contribution in [-0.4, -0.2) is 5.78 Å². The molecule has 0 amide bonds. The second-order valence-electron chi connectivity index (χ2n) is 5.46. The highest BCUT2D eigenvalue weighted by Crippen LogP contribution is 2.35. The summed E-state index contributed by atoms with van der Waals surface area (Å²) in [5.41, 5.74) is 0.695. The molecule has 1 aromatic carbocycles. The lowest BCUT2D eigenvalue weighted by atomic mass is 9.74. The average Bonchev–Trinajstić information content (AvgIpc) is 2.27. The van der Waals surface area contributed by atoms with Gasteiger partial charge in [0.1, 0.15) is 0 Å². The van der Waals surface area contributed by atoms with E-state index in [9.17, 15) is 4.79 Å². The number of carbonyl (C=O) groups is 1. The van der Waals surface area contributed by atoms with E-state index in [4.69, 9.17) is 11.6 Å². The van der Waals surface area contributed by atoms with Gasteiger partial charge < -0.3 is 0 Å². The summed E-state index contributed by atoms with van der Waals surface area (Å²) in [7, 11) is 0. The van der Waals surface area contributed by atoms with E-state index in [-0.39, 0.29) is 11.7 Å². The number of carbonyl (C=O) groups excluding carboxylic acids is 1. The van der Waals surface area contributed by atoms with Crippen molar-refractivity contribution in [3.05, 3.63) is 34.9 Å². The second kappa shape index (κ2) is 5.22. The molecule has 2 rings (SSSR count). The molecule has 0 spiro atoms. The van der Waals surface area contributed by atoms with Gasteiger partial charge in [-0.2, -0.15) is 0 Å². The molecule has 1 fully saturated rings. The third-order valence-corrected chi connectivity index (χ3v) is 4.02. The molecule has 1 aliphatic carbocycles. The Balaban J connectivity index is 2.17. The lowest BCUT2D eigenvalue weighted by Gasteiger charge is -2.30. The summed E-state index contributed by atoms with van der Waals surface area (Å²) in [5, 5.41) is 0.586. The van der Waals surface area contributed by atoms with Crippen LogP contribution in [0.4, 0.5) is 0 Å². The fraction of sp³-hybridized carbons (Fsp3) is 0.533. The van der Waals surface area contributed by atoms with Crippen LogP contribution in [0, 0.1) is 17.8 Å². The molecule has 0 saturated heterocycles. The molecule has 0 radical (unpaired) electrons. The quantitative estimate of drug-likeness (QED) is 0.702. The summed E-state index contributed by atoms with van der Waals surface area (Å²) >= 11 is 6.09. The number of Topliss-reactive ketones (excluding diaryl/α,β-unsaturated/α-hetero) is 1. The van der Waals surface area contributed by atoms with E-state index in [1.807, 2.05) is 18.2 Å². The molecule has 2 heteroatoms. The Morgan fingerprint density at radius 1 is 1.12 bits per heavy atom. The summed E-state index contributed by atoms with van der Waals surface area (Å²) in [6, 6.07) is 7.39. The van der Waals surface area contributed by atoms with Crippen molar-refractivity contribution >= 4 is 17.4 Å². The monoisotopic (exact) mass is 250 g/mol. The molecule has 0 aliphatic heterocycles. The predicted octanol–water partition coefficient (Wildman–Crippen LogP) is 4.60. The molecular formula is C15H19ClO. The molecule has 1 aliphatic rings. The minimum atomic E-state index is 0.161. The van der Waals surface area contributed by atoms with Crippen LogP contribution in [-0.2, 0) is 0 Å². The first-order valence-corrected chi connectivity index (χ1v) is 6.74. The SMILES string of the molecule is CC1CC(C)CC(C(=O)c2ccccc2Cl)C1. The smallest absolute Gasteiger partial charge is 0.167 e. The van der Waals surface area contributed by atoms with E-state index in [2.05, 4.69) is 13.8 Å². The summed E-state index contributed by atoms with van der Waals surface area (Å²) in [5.74, 6) is 1.69. The zero-order valence-electron chi connectivity index (χ0n) is 10.4. The highest BCUT2D eigenvalue weighted by molar-refractivity contribution is 6.34. The first kappa shape index (κ1) is 12.6. The van der Waals surface area contributed by atoms with Crippen molar-refractivity contribution in [2.45, 2.75) is 33.1 Å². The number of rotatable bonds is 2. The van der Waals surface area contributed by atoms with Crippen molar-refractivity contribution in [1.82, 2.24) is 0 Å². The molecule has 0 heterocycles. The van der Waals surface area contributed by atoms with Gasteiger partial charge in [-0.1, -0.05) is 37.6 Å². The third-order valence-electron chi connectivity index (χ3n) is 3.69. The van der Waals surface area contributed by atoms with E-state index in [1.165, 1.54) is 6.42 Å². The van der Waals surface area contributed by atoms with Gasteiger partial charge in [-0.15, -0.1) is 0 Å². The van der Waals surface area contributed by atoms with Gasteiger partial charge in [-0.05, 0) is 43.2 Å². The first-order chi connectivity index (χ1) is 8.08. The normalized spacial score (nSPS) is 29.0. The van der Waals surface area contributed by atoms with Crippen molar-refractivity contribution in [3.63, 3.8) is 0 Å². The van der Waals surface area contributed by atoms with Crippen LogP contribution in [0.5, 0.6) is 0 Å². The van der Waals surface area contributed by atoms with E-state index >= 15 is 0 Å². The Labute approximate surface area is 108 Å². The molecule has 0 aromatic heterocycles. The molecular weight excluding hydrogens is 232 g/mol. The van der Waals surface area contributed by atoms with Crippen LogP contribution >= 0.6 is 11.6 Å². The number of benzene rings is 1. The summed E-state index contributed by atoms with van der Waals surface area (Å²) < 4.78 is 0. The van der Waals surface area contributed by atoms with Crippen molar-refractivity contribution in [1.29, 1.82) is 0 Å². The number of halogens is 1. The van der Waals surface area contributed by atoms with Crippen molar-refractivity contribution < 1.29 is 4.79 Å². The van der Waals surface area contributed by atoms with Gasteiger partial charge in [0.15, 0.2) is 5.78 Å². The number of ketones is 1. The van der Waals surface area contributed by atoms with Crippen LogP contribution < -0.4 is 0 Å². The van der Waals surface area contributed by atoms with Gasteiger partial charge in [0.25, 0.3) is 0 Å². The molecule has 2 atom stereocenters. The lowest BCUT2D eigenvalue weighted by molar-refractivity contribution is 0.0836. The maximum Gasteiger partial charge on any atom is 0.167 e. The van der Waals surface area contributed by atoms with Gasteiger partial charge in [0.2, 0.25) is 0 Å². The predicted molar refractivity (Wildman–Crippen MR) is 71.5 cm³/mol. The molecule has 17 heavy (non-hydrogen) atoms. The van der Waals surface area contributed by atoms with E-state index < -0.39 is 0 Å². The van der Waals surface area contributed by atoms with Gasteiger partial charge in [0.05, 0.1) is 5.02 Å². The largest absolute Gasteiger partial charge is 0.294 e. The molecule has 2 unspecified atom stereocenters. The zero-order valence-corrected chi connectivity index (χ0v) is 11.2. The lowest BCUT2D eigenvalue weighted by Crippen LogP contribution is -2.26. The van der Waals surface area contributed by atoms with Crippen LogP contribution in [0.15, 0.2) is 24.3 Å². The maximum atomic E-state index is 12.4. The number of hydrogen-bond acceptors (Lipinski definition) is 1. The Morgan fingerprint density at radius 2 is 1.71 bits per heavy atom. The second-order valence-corrected chi connectivity index (χ2v) is 5.87. The van der Waals surface area contributed by atoms with Gasteiger partial charge in [-0.25, -0.2) is 0 Å². The highest BCUT2D eigenvalue weighted by atomic mass is 35.5. The maximum absolute atomic E-state index is 12.4. The average molecular weight is 251 g/mol. The van der Waals surface area contributed by atoms with Crippen LogP contribution in [0.1, 0.15) is 43.5 Å². The van der Waals surface area contributed by atoms with E-state index in [1.54, 1.807) is 6.07 Å².